The van der Waals surface area contributed by atoms with Gasteiger partial charge in [0.2, 0.25) is 0 Å². The molecule has 0 saturated carbocycles. The molecule has 0 saturated heterocycles. The van der Waals surface area contributed by atoms with Gasteiger partial charge in [-0.2, -0.15) is 0 Å². The molecule has 1 rings (SSSR count). The molecule has 0 aliphatic heterocycles. The van der Waals surface area contributed by atoms with E-state index in [2.05, 4.69) is 20.7 Å². The highest BCUT2D eigenvalue weighted by atomic mass is 79.9. The summed E-state index contributed by atoms with van der Waals surface area (Å²) in [6, 6.07) is 2.83. The summed E-state index contributed by atoms with van der Waals surface area (Å²) < 4.78 is 38.6. The molecule has 1 atom stereocenters. The van der Waals surface area contributed by atoms with Crippen LogP contribution in [-0.4, -0.2) is 22.9 Å². The molecule has 0 aromatic heterocycles. The average Bonchev–Trinajstić information content (AvgIpc) is 2.37. The lowest BCUT2D eigenvalue weighted by atomic mass is 10.2. The van der Waals surface area contributed by atoms with E-state index in [1.165, 1.54) is 19.2 Å². The average molecular weight is 368 g/mol. The van der Waals surface area contributed by atoms with Gasteiger partial charge in [-0.3, -0.25) is 0 Å². The first-order valence-electron chi connectivity index (χ1n) is 6.01. The second kappa shape index (κ2) is 7.49. The summed E-state index contributed by atoms with van der Waals surface area (Å²) in [4.78, 5) is 0. The van der Waals surface area contributed by atoms with Crippen LogP contribution in [0.5, 0.6) is 5.75 Å². The van der Waals surface area contributed by atoms with Crippen molar-refractivity contribution in [2.75, 3.05) is 13.9 Å². The highest BCUT2D eigenvalue weighted by Crippen LogP contribution is 2.30. The third-order valence-electron chi connectivity index (χ3n) is 2.42. The maximum absolute atomic E-state index is 13.6. The molecule has 4 nitrogen and oxygen atoms in total. The fraction of sp³-hybridized carbons (Fsp3) is 0.538. The molecule has 0 bridgehead atoms. The van der Waals surface area contributed by atoms with Gasteiger partial charge in [-0.15, -0.1) is 0 Å². The van der Waals surface area contributed by atoms with E-state index in [4.69, 9.17) is 9.47 Å². The molecule has 0 fully saturated rings. The lowest BCUT2D eigenvalue weighted by molar-refractivity contribution is 0.0503. The molecule has 0 unspecified atom stereocenters. The Kier molecular flexibility index (Phi) is 6.57. The summed E-state index contributed by atoms with van der Waals surface area (Å²) in [6.07, 6.45) is 0. The third-order valence-corrected chi connectivity index (χ3v) is 4.80. The van der Waals surface area contributed by atoms with Crippen molar-refractivity contribution in [1.29, 1.82) is 0 Å². The minimum absolute atomic E-state index is 0.0629. The number of ether oxygens (including phenoxy) is 2. The van der Waals surface area contributed by atoms with Crippen LogP contribution in [0.3, 0.4) is 0 Å². The number of halogens is 2. The minimum atomic E-state index is -1.25. The van der Waals surface area contributed by atoms with E-state index in [0.29, 0.717) is 15.8 Å². The van der Waals surface area contributed by atoms with E-state index in [1.54, 1.807) is 0 Å². The molecule has 1 aromatic rings. The summed E-state index contributed by atoms with van der Waals surface area (Å²) in [5.74, 6) is 0.0895. The number of rotatable bonds is 6. The first-order chi connectivity index (χ1) is 9.27. The molecular formula is C13H19BrFNO3S. The van der Waals surface area contributed by atoms with E-state index in [0.717, 1.165) is 0 Å². The second-order valence-corrected chi connectivity index (χ2v) is 7.94. The molecule has 0 amide bonds. The van der Waals surface area contributed by atoms with Crippen molar-refractivity contribution < 1.29 is 18.1 Å². The minimum Gasteiger partial charge on any atom is -0.467 e. The van der Waals surface area contributed by atoms with Crippen LogP contribution >= 0.6 is 15.9 Å². The van der Waals surface area contributed by atoms with E-state index >= 15 is 0 Å². The van der Waals surface area contributed by atoms with Crippen LogP contribution in [0.15, 0.2) is 16.6 Å². The van der Waals surface area contributed by atoms with Gasteiger partial charge in [-0.05, 0) is 48.8 Å². The maximum Gasteiger partial charge on any atom is 0.188 e. The topological polar surface area (TPSA) is 47.6 Å². The van der Waals surface area contributed by atoms with Crippen molar-refractivity contribution in [2.45, 2.75) is 32.1 Å². The first-order valence-corrected chi connectivity index (χ1v) is 7.95. The molecule has 7 heteroatoms. The molecule has 0 spiro atoms. The van der Waals surface area contributed by atoms with Crippen LogP contribution in [0.2, 0.25) is 0 Å². The van der Waals surface area contributed by atoms with Gasteiger partial charge in [0.15, 0.2) is 6.79 Å². The number of nitrogens with one attached hydrogen (secondary N) is 1. The van der Waals surface area contributed by atoms with Crippen molar-refractivity contribution in [3.63, 3.8) is 0 Å². The fourth-order valence-corrected chi connectivity index (χ4v) is 2.53. The van der Waals surface area contributed by atoms with E-state index in [9.17, 15) is 8.60 Å². The smallest absolute Gasteiger partial charge is 0.188 e. The Labute approximate surface area is 129 Å². The highest BCUT2D eigenvalue weighted by Gasteiger charge is 2.21. The maximum atomic E-state index is 13.6. The van der Waals surface area contributed by atoms with Crippen molar-refractivity contribution in [1.82, 2.24) is 4.72 Å². The summed E-state index contributed by atoms with van der Waals surface area (Å²) in [5, 5.41) is 0. The quantitative estimate of drug-likeness (QED) is 0.785. The molecule has 0 radical (unpaired) electrons. The molecule has 0 heterocycles. The Balaban J connectivity index is 2.91. The fourth-order valence-electron chi connectivity index (χ4n) is 1.35. The van der Waals surface area contributed by atoms with Gasteiger partial charge < -0.3 is 9.47 Å². The zero-order chi connectivity index (χ0) is 15.3. The first kappa shape index (κ1) is 17.6. The van der Waals surface area contributed by atoms with Crippen molar-refractivity contribution >= 4 is 26.9 Å². The van der Waals surface area contributed by atoms with E-state index in [1.807, 2.05) is 20.8 Å². The Hall–Kier alpha value is -0.500. The Morgan fingerprint density at radius 1 is 1.40 bits per heavy atom. The van der Waals surface area contributed by atoms with Crippen molar-refractivity contribution in [2.24, 2.45) is 0 Å². The molecule has 0 aliphatic rings. The number of benzene rings is 1. The lowest BCUT2D eigenvalue weighted by Gasteiger charge is -2.19. The van der Waals surface area contributed by atoms with Gasteiger partial charge in [0.1, 0.15) is 11.6 Å². The Bertz CT molecular complexity index is 491. The standard InChI is InChI=1S/C13H19BrFNO3S/c1-13(2,3)20(17)16-7-9-11(19-8-18-4)6-5-10(15)12(9)14/h5-6,16H,7-8H2,1-4H3/t20-/m0/s1. The molecule has 1 aromatic carbocycles. The van der Waals surface area contributed by atoms with Crippen LogP contribution in [0.1, 0.15) is 26.3 Å². The summed E-state index contributed by atoms with van der Waals surface area (Å²) >= 11 is 3.19. The zero-order valence-electron chi connectivity index (χ0n) is 12.0. The van der Waals surface area contributed by atoms with Crippen LogP contribution < -0.4 is 9.46 Å². The summed E-state index contributed by atoms with van der Waals surface area (Å²) in [6.45, 7) is 5.87. The van der Waals surface area contributed by atoms with Gasteiger partial charge in [-0.1, -0.05) is 0 Å². The van der Waals surface area contributed by atoms with Gasteiger partial charge in [0.25, 0.3) is 0 Å². The molecule has 1 N–H and O–H groups in total. The van der Waals surface area contributed by atoms with Crippen LogP contribution in [0.25, 0.3) is 0 Å². The zero-order valence-corrected chi connectivity index (χ0v) is 14.4. The highest BCUT2D eigenvalue weighted by molar-refractivity contribution is 9.10. The number of hydrogen-bond acceptors (Lipinski definition) is 3. The predicted octanol–water partition coefficient (Wildman–Crippen LogP) is 3.12. The molecule has 20 heavy (non-hydrogen) atoms. The molecule has 114 valence electrons. The van der Waals surface area contributed by atoms with Crippen molar-refractivity contribution in [3.05, 3.63) is 28.0 Å². The monoisotopic (exact) mass is 367 g/mol. The predicted molar refractivity (Wildman–Crippen MR) is 81.3 cm³/mol. The van der Waals surface area contributed by atoms with Crippen LogP contribution in [-0.2, 0) is 22.3 Å². The van der Waals surface area contributed by atoms with Gasteiger partial charge in [-0.25, -0.2) is 13.3 Å². The number of methoxy groups -OCH3 is 1. The number of hydrogen-bond donors (Lipinski definition) is 1. The van der Waals surface area contributed by atoms with Gasteiger partial charge >= 0.3 is 0 Å². The SMILES string of the molecule is COCOc1ccc(F)c(Br)c1CN[S@@](=O)C(C)(C)C. The van der Waals surface area contributed by atoms with Gasteiger partial charge in [0.05, 0.1) is 20.2 Å². The summed E-state index contributed by atoms with van der Waals surface area (Å²) in [5.41, 5.74) is 0.569. The van der Waals surface area contributed by atoms with E-state index < -0.39 is 21.5 Å². The lowest BCUT2D eigenvalue weighted by Crippen LogP contribution is -2.33. The Morgan fingerprint density at radius 2 is 2.05 bits per heavy atom. The largest absolute Gasteiger partial charge is 0.467 e. The van der Waals surface area contributed by atoms with Gasteiger partial charge in [0, 0.05) is 19.2 Å². The van der Waals surface area contributed by atoms with Crippen LogP contribution in [0, 0.1) is 5.82 Å². The van der Waals surface area contributed by atoms with Crippen LogP contribution in [0.4, 0.5) is 4.39 Å². The normalized spacial score (nSPS) is 13.3. The molecular weight excluding hydrogens is 349 g/mol. The summed E-state index contributed by atoms with van der Waals surface area (Å²) in [7, 11) is 0.258. The molecule has 0 aliphatic carbocycles. The second-order valence-electron chi connectivity index (χ2n) is 5.09. The van der Waals surface area contributed by atoms with Crippen molar-refractivity contribution in [3.8, 4) is 5.75 Å². The third kappa shape index (κ3) is 4.80. The van der Waals surface area contributed by atoms with E-state index in [-0.39, 0.29) is 13.3 Å². The Morgan fingerprint density at radius 3 is 2.60 bits per heavy atom.